The average molecular weight is 354 g/mol. The highest BCUT2D eigenvalue weighted by Crippen LogP contribution is 2.25. The van der Waals surface area contributed by atoms with E-state index in [0.29, 0.717) is 24.2 Å². The molecule has 1 aliphatic rings. The third-order valence-corrected chi connectivity index (χ3v) is 6.59. The number of thiophene rings is 1. The molecule has 0 bridgehead atoms. The van der Waals surface area contributed by atoms with Crippen LogP contribution in [-0.2, 0) is 14.8 Å². The van der Waals surface area contributed by atoms with Gasteiger partial charge >= 0.3 is 0 Å². The first-order chi connectivity index (χ1) is 10.9. The molecule has 122 valence electrons. The van der Waals surface area contributed by atoms with Gasteiger partial charge in [0.15, 0.2) is 0 Å². The molecule has 1 amide bonds. The first-order valence-electron chi connectivity index (χ1n) is 7.02. The van der Waals surface area contributed by atoms with Crippen LogP contribution < -0.4 is 9.62 Å². The molecule has 23 heavy (non-hydrogen) atoms. The molecule has 0 unspecified atom stereocenters. The van der Waals surface area contributed by atoms with Gasteiger partial charge in [-0.3, -0.25) is 4.79 Å². The van der Waals surface area contributed by atoms with E-state index in [1.165, 1.54) is 23.1 Å². The van der Waals surface area contributed by atoms with Crippen molar-refractivity contribution in [1.82, 2.24) is 4.72 Å². The van der Waals surface area contributed by atoms with Gasteiger partial charge in [-0.2, -0.15) is 4.72 Å². The van der Waals surface area contributed by atoms with E-state index < -0.39 is 16.1 Å². The number of nitrogens with one attached hydrogen (secondary N) is 1. The minimum Gasteiger partial charge on any atom is -0.311 e. The molecule has 1 aliphatic heterocycles. The second kappa shape index (κ2) is 6.03. The number of hydrogen-bond donors (Lipinski definition) is 1. The van der Waals surface area contributed by atoms with E-state index in [9.17, 15) is 17.6 Å². The van der Waals surface area contributed by atoms with Gasteiger partial charge in [0.1, 0.15) is 16.1 Å². The second-order valence-corrected chi connectivity index (χ2v) is 8.21. The maximum atomic E-state index is 13.3. The average Bonchev–Trinajstić information content (AvgIpc) is 3.14. The van der Waals surface area contributed by atoms with Gasteiger partial charge < -0.3 is 4.90 Å². The Hall–Kier alpha value is -1.77. The van der Waals surface area contributed by atoms with Crippen LogP contribution in [0.15, 0.2) is 39.9 Å². The number of carbonyl (C=O) groups excluding carboxylic acids is 1. The van der Waals surface area contributed by atoms with E-state index in [1.54, 1.807) is 24.4 Å². The van der Waals surface area contributed by atoms with Gasteiger partial charge in [-0.1, -0.05) is 6.07 Å². The molecule has 2 heterocycles. The first kappa shape index (κ1) is 16.1. The van der Waals surface area contributed by atoms with Crippen LogP contribution in [-0.4, -0.2) is 26.9 Å². The fraction of sp³-hybridized carbons (Fsp3) is 0.267. The van der Waals surface area contributed by atoms with Crippen LogP contribution in [0, 0.1) is 12.7 Å². The zero-order valence-corrected chi connectivity index (χ0v) is 14.0. The third-order valence-electron chi connectivity index (χ3n) is 3.72. The Balaban J connectivity index is 1.78. The van der Waals surface area contributed by atoms with Gasteiger partial charge in [-0.15, -0.1) is 11.3 Å². The largest absolute Gasteiger partial charge is 0.311 e. The van der Waals surface area contributed by atoms with E-state index >= 15 is 0 Å². The number of benzene rings is 1. The normalized spacial score (nSPS) is 18.6. The van der Waals surface area contributed by atoms with Gasteiger partial charge in [0.05, 0.1) is 0 Å². The lowest BCUT2D eigenvalue weighted by atomic mass is 10.2. The fourth-order valence-electron chi connectivity index (χ4n) is 2.50. The van der Waals surface area contributed by atoms with E-state index in [2.05, 4.69) is 4.72 Å². The van der Waals surface area contributed by atoms with Crippen molar-refractivity contribution in [2.45, 2.75) is 23.6 Å². The van der Waals surface area contributed by atoms with Crippen LogP contribution in [0.3, 0.4) is 0 Å². The molecule has 1 aromatic heterocycles. The molecule has 3 rings (SSSR count). The van der Waals surface area contributed by atoms with Crippen molar-refractivity contribution in [2.75, 3.05) is 11.4 Å². The van der Waals surface area contributed by atoms with E-state index in [0.717, 1.165) is 11.3 Å². The van der Waals surface area contributed by atoms with Gasteiger partial charge in [0.2, 0.25) is 5.91 Å². The summed E-state index contributed by atoms with van der Waals surface area (Å²) in [6.45, 7) is 2.01. The summed E-state index contributed by atoms with van der Waals surface area (Å²) < 4.78 is 40.4. The summed E-state index contributed by atoms with van der Waals surface area (Å²) in [5.41, 5.74) is 1.02. The molecule has 1 saturated heterocycles. The Kier molecular flexibility index (Phi) is 4.22. The van der Waals surface area contributed by atoms with Gasteiger partial charge in [-0.05, 0) is 48.6 Å². The molecule has 0 radical (unpaired) electrons. The molecule has 5 nitrogen and oxygen atoms in total. The summed E-state index contributed by atoms with van der Waals surface area (Å²) in [4.78, 5) is 13.9. The maximum Gasteiger partial charge on any atom is 0.250 e. The standard InChI is InChI=1S/C15H15FN2O3S2/c1-10-9-11(4-5-12(10)16)18-7-6-13(15(18)19)17-23(20,21)14-3-2-8-22-14/h2-5,8-9,13,17H,6-7H2,1H3/t13-/m0/s1. The Morgan fingerprint density at radius 1 is 1.35 bits per heavy atom. The summed E-state index contributed by atoms with van der Waals surface area (Å²) in [5, 5.41) is 1.67. The van der Waals surface area contributed by atoms with Crippen LogP contribution in [0.4, 0.5) is 10.1 Å². The minimum atomic E-state index is -3.69. The van der Waals surface area contributed by atoms with Crippen molar-refractivity contribution >= 4 is 33.0 Å². The van der Waals surface area contributed by atoms with Crippen LogP contribution >= 0.6 is 11.3 Å². The number of amides is 1. The SMILES string of the molecule is Cc1cc(N2CC[C@H](NS(=O)(=O)c3cccs3)C2=O)ccc1F. The number of halogens is 1. The number of rotatable bonds is 4. The Morgan fingerprint density at radius 3 is 2.78 bits per heavy atom. The number of hydrogen-bond acceptors (Lipinski definition) is 4. The Morgan fingerprint density at radius 2 is 2.13 bits per heavy atom. The molecule has 1 atom stereocenters. The molecule has 0 aliphatic carbocycles. The van der Waals surface area contributed by atoms with Crippen LogP contribution in [0.1, 0.15) is 12.0 Å². The first-order valence-corrected chi connectivity index (χ1v) is 9.38. The van der Waals surface area contributed by atoms with Crippen LogP contribution in [0.2, 0.25) is 0 Å². The molecule has 0 saturated carbocycles. The van der Waals surface area contributed by atoms with Crippen molar-refractivity contribution < 1.29 is 17.6 Å². The molecule has 1 fully saturated rings. The lowest BCUT2D eigenvalue weighted by molar-refractivity contribution is -0.118. The van der Waals surface area contributed by atoms with Crippen molar-refractivity contribution in [1.29, 1.82) is 0 Å². The molecule has 0 spiro atoms. The summed E-state index contributed by atoms with van der Waals surface area (Å²) in [6, 6.07) is 6.75. The number of anilines is 1. The molecular formula is C15H15FN2O3S2. The molecule has 1 aromatic carbocycles. The van der Waals surface area contributed by atoms with Gasteiger partial charge in [-0.25, -0.2) is 12.8 Å². The zero-order valence-electron chi connectivity index (χ0n) is 12.3. The maximum absolute atomic E-state index is 13.3. The highest BCUT2D eigenvalue weighted by atomic mass is 32.2. The number of sulfonamides is 1. The summed E-state index contributed by atoms with van der Waals surface area (Å²) in [5.74, 6) is -0.661. The molecule has 2 aromatic rings. The Bertz CT molecular complexity index is 834. The summed E-state index contributed by atoms with van der Waals surface area (Å²) >= 11 is 1.10. The lowest BCUT2D eigenvalue weighted by Gasteiger charge is -2.18. The molecule has 1 N–H and O–H groups in total. The summed E-state index contributed by atoms with van der Waals surface area (Å²) in [6.07, 6.45) is 0.375. The highest BCUT2D eigenvalue weighted by Gasteiger charge is 2.36. The minimum absolute atomic E-state index is 0.182. The number of nitrogens with zero attached hydrogens (tertiary/aromatic N) is 1. The van der Waals surface area contributed by atoms with E-state index in [-0.39, 0.29) is 15.9 Å². The van der Waals surface area contributed by atoms with E-state index in [1.807, 2.05) is 0 Å². The van der Waals surface area contributed by atoms with Crippen molar-refractivity contribution in [3.05, 3.63) is 47.1 Å². The van der Waals surface area contributed by atoms with E-state index in [4.69, 9.17) is 0 Å². The monoisotopic (exact) mass is 354 g/mol. The Labute approximate surface area is 137 Å². The molecule has 8 heteroatoms. The topological polar surface area (TPSA) is 66.5 Å². The summed E-state index contributed by atoms with van der Waals surface area (Å²) in [7, 11) is -3.69. The second-order valence-electron chi connectivity index (χ2n) is 5.32. The highest BCUT2D eigenvalue weighted by molar-refractivity contribution is 7.91. The van der Waals surface area contributed by atoms with Gasteiger partial charge in [0.25, 0.3) is 10.0 Å². The quantitative estimate of drug-likeness (QED) is 0.916. The van der Waals surface area contributed by atoms with Gasteiger partial charge in [0, 0.05) is 12.2 Å². The van der Waals surface area contributed by atoms with Crippen LogP contribution in [0.25, 0.3) is 0 Å². The smallest absolute Gasteiger partial charge is 0.250 e. The number of carbonyl (C=O) groups is 1. The fourth-order valence-corrected chi connectivity index (χ4v) is 4.74. The number of aryl methyl sites for hydroxylation is 1. The lowest BCUT2D eigenvalue weighted by Crippen LogP contribution is -2.41. The van der Waals surface area contributed by atoms with Crippen molar-refractivity contribution in [3.8, 4) is 0 Å². The third kappa shape index (κ3) is 3.15. The predicted molar refractivity (Wildman–Crippen MR) is 86.5 cm³/mol. The van der Waals surface area contributed by atoms with Crippen molar-refractivity contribution in [3.63, 3.8) is 0 Å². The zero-order chi connectivity index (χ0) is 16.6. The van der Waals surface area contributed by atoms with Crippen molar-refractivity contribution in [2.24, 2.45) is 0 Å². The van der Waals surface area contributed by atoms with Crippen LogP contribution in [0.5, 0.6) is 0 Å². The molecular weight excluding hydrogens is 339 g/mol. The predicted octanol–water partition coefficient (Wildman–Crippen LogP) is 2.28.